The zero-order valence-electron chi connectivity index (χ0n) is 21.3. The number of likely N-dealkylation sites (tertiary alicyclic amines) is 1. The SMILES string of the molecule is Cc1cc(C)c2c(c1)CCc1cc(Br)cnc1C2N1CCN(C(=O)CC2CCN(C(N)=O)CC2)CC1. The summed E-state index contributed by atoms with van der Waals surface area (Å²) >= 11 is 3.62. The molecule has 3 aliphatic rings. The topological polar surface area (TPSA) is 82.8 Å². The molecule has 2 aromatic rings. The molecule has 1 unspecified atom stereocenters. The fourth-order valence-corrected chi connectivity index (χ4v) is 6.71. The van der Waals surface area contributed by atoms with Gasteiger partial charge >= 0.3 is 6.03 Å². The van der Waals surface area contributed by atoms with E-state index < -0.39 is 0 Å². The molecule has 3 heterocycles. The summed E-state index contributed by atoms with van der Waals surface area (Å²) in [5.41, 5.74) is 13.3. The summed E-state index contributed by atoms with van der Waals surface area (Å²) < 4.78 is 1.02. The van der Waals surface area contributed by atoms with Crippen molar-refractivity contribution in [3.63, 3.8) is 0 Å². The molecular weight excluding hydrogens is 518 g/mol. The number of carbonyl (C=O) groups is 2. The number of fused-ring (bicyclic) bond motifs is 2. The van der Waals surface area contributed by atoms with Crippen LogP contribution in [-0.4, -0.2) is 70.9 Å². The first-order valence-electron chi connectivity index (χ1n) is 13.1. The second kappa shape index (κ2) is 10.5. The third-order valence-electron chi connectivity index (χ3n) is 8.20. The van der Waals surface area contributed by atoms with Crippen molar-refractivity contribution in [3.05, 3.63) is 62.4 Å². The van der Waals surface area contributed by atoms with E-state index >= 15 is 0 Å². The molecule has 2 N–H and O–H groups in total. The standard InChI is InChI=1S/C28H36BrN5O2/c1-18-13-19(2)25-21(14-18)3-4-22-16-23(29)17-31-26(22)27(25)33-11-9-32(10-12-33)24(35)15-20-5-7-34(8-6-20)28(30)36/h13-14,16-17,20,27H,3-12,15H2,1-2H3,(H2,30,36). The van der Waals surface area contributed by atoms with Crippen molar-refractivity contribution in [1.82, 2.24) is 19.7 Å². The van der Waals surface area contributed by atoms with Crippen LogP contribution < -0.4 is 5.73 Å². The molecule has 8 heteroatoms. The van der Waals surface area contributed by atoms with Crippen LogP contribution in [0.5, 0.6) is 0 Å². The first-order valence-corrected chi connectivity index (χ1v) is 13.9. The summed E-state index contributed by atoms with van der Waals surface area (Å²) in [6.45, 7) is 8.86. The Bertz CT molecular complexity index is 1150. The summed E-state index contributed by atoms with van der Waals surface area (Å²) in [7, 11) is 0. The number of nitrogens with zero attached hydrogens (tertiary/aromatic N) is 4. The molecular formula is C28H36BrN5O2. The smallest absolute Gasteiger partial charge is 0.314 e. The van der Waals surface area contributed by atoms with Crippen LogP contribution in [0.2, 0.25) is 0 Å². The molecule has 7 nitrogen and oxygen atoms in total. The molecule has 1 aliphatic carbocycles. The minimum Gasteiger partial charge on any atom is -0.351 e. The molecule has 0 spiro atoms. The largest absolute Gasteiger partial charge is 0.351 e. The second-order valence-electron chi connectivity index (χ2n) is 10.6. The fourth-order valence-electron chi connectivity index (χ4n) is 6.33. The van der Waals surface area contributed by atoms with Crippen LogP contribution in [0.25, 0.3) is 0 Å². The van der Waals surface area contributed by atoms with Crippen LogP contribution in [0.1, 0.15) is 58.8 Å². The van der Waals surface area contributed by atoms with Gasteiger partial charge in [0.1, 0.15) is 0 Å². The van der Waals surface area contributed by atoms with Crippen molar-refractivity contribution in [3.8, 4) is 0 Å². The van der Waals surface area contributed by atoms with Crippen LogP contribution in [0.15, 0.2) is 28.9 Å². The molecule has 1 aromatic carbocycles. The quantitative estimate of drug-likeness (QED) is 0.623. The fraction of sp³-hybridized carbons (Fsp3) is 0.536. The number of nitrogens with two attached hydrogens (primary N) is 1. The Kier molecular flexibility index (Phi) is 7.35. The Hall–Kier alpha value is -2.45. The van der Waals surface area contributed by atoms with Crippen molar-refractivity contribution in [1.29, 1.82) is 0 Å². The molecule has 0 radical (unpaired) electrons. The van der Waals surface area contributed by atoms with Gasteiger partial charge in [-0.3, -0.25) is 14.7 Å². The summed E-state index contributed by atoms with van der Waals surface area (Å²) in [5.74, 6) is 0.572. The van der Waals surface area contributed by atoms with Crippen LogP contribution in [0.3, 0.4) is 0 Å². The van der Waals surface area contributed by atoms with Crippen molar-refractivity contribution in [2.24, 2.45) is 11.7 Å². The van der Waals surface area contributed by atoms with E-state index in [0.29, 0.717) is 25.4 Å². The predicted molar refractivity (Wildman–Crippen MR) is 144 cm³/mol. The monoisotopic (exact) mass is 553 g/mol. The number of piperidine rings is 1. The van der Waals surface area contributed by atoms with Gasteiger partial charge in [-0.1, -0.05) is 17.7 Å². The van der Waals surface area contributed by atoms with Gasteiger partial charge in [0, 0.05) is 56.4 Å². The number of amides is 3. The highest BCUT2D eigenvalue weighted by Crippen LogP contribution is 2.39. The average molecular weight is 555 g/mol. The van der Waals surface area contributed by atoms with E-state index in [1.807, 2.05) is 11.1 Å². The molecule has 0 saturated carbocycles. The molecule has 5 rings (SSSR count). The minimum atomic E-state index is -0.357. The zero-order valence-corrected chi connectivity index (χ0v) is 22.9. The Labute approximate surface area is 222 Å². The van der Waals surface area contributed by atoms with Crippen molar-refractivity contribution < 1.29 is 9.59 Å². The summed E-state index contributed by atoms with van der Waals surface area (Å²) in [4.78, 5) is 35.7. The average Bonchev–Trinajstić information content (AvgIpc) is 3.01. The van der Waals surface area contributed by atoms with Gasteiger partial charge in [0.15, 0.2) is 0 Å². The highest BCUT2D eigenvalue weighted by Gasteiger charge is 2.35. The van der Waals surface area contributed by atoms with E-state index in [1.54, 1.807) is 4.90 Å². The van der Waals surface area contributed by atoms with Crippen molar-refractivity contribution in [2.45, 2.75) is 52.0 Å². The molecule has 36 heavy (non-hydrogen) atoms. The number of halogens is 1. The third kappa shape index (κ3) is 5.16. The van der Waals surface area contributed by atoms with E-state index in [0.717, 1.165) is 62.0 Å². The zero-order chi connectivity index (χ0) is 25.4. The maximum atomic E-state index is 13.1. The van der Waals surface area contributed by atoms with Crippen LogP contribution in [0, 0.1) is 19.8 Å². The van der Waals surface area contributed by atoms with Gasteiger partial charge in [-0.25, -0.2) is 4.79 Å². The number of hydrogen-bond acceptors (Lipinski definition) is 4. The molecule has 2 fully saturated rings. The molecule has 192 valence electrons. The number of rotatable bonds is 3. The van der Waals surface area contributed by atoms with Crippen LogP contribution >= 0.6 is 15.9 Å². The number of hydrogen-bond donors (Lipinski definition) is 1. The van der Waals surface area contributed by atoms with Crippen LogP contribution in [-0.2, 0) is 17.6 Å². The first-order chi connectivity index (χ1) is 17.3. The Morgan fingerprint density at radius 2 is 1.67 bits per heavy atom. The lowest BCUT2D eigenvalue weighted by atomic mass is 9.90. The van der Waals surface area contributed by atoms with Gasteiger partial charge < -0.3 is 15.5 Å². The summed E-state index contributed by atoms with van der Waals surface area (Å²) in [6.07, 6.45) is 6.20. The third-order valence-corrected chi connectivity index (χ3v) is 8.64. The lowest BCUT2D eigenvalue weighted by molar-refractivity contribution is -0.134. The molecule has 1 atom stereocenters. The lowest BCUT2D eigenvalue weighted by Crippen LogP contribution is -2.50. The van der Waals surface area contributed by atoms with Gasteiger partial charge in [0.05, 0.1) is 11.7 Å². The van der Waals surface area contributed by atoms with Gasteiger partial charge in [-0.2, -0.15) is 0 Å². The van der Waals surface area contributed by atoms with E-state index in [1.165, 1.54) is 27.8 Å². The van der Waals surface area contributed by atoms with Crippen LogP contribution in [0.4, 0.5) is 4.79 Å². The minimum absolute atomic E-state index is 0.113. The number of carbonyl (C=O) groups excluding carboxylic acids is 2. The van der Waals surface area contributed by atoms with Gasteiger partial charge in [0.2, 0.25) is 5.91 Å². The number of aryl methyl sites for hydroxylation is 4. The van der Waals surface area contributed by atoms with E-state index in [-0.39, 0.29) is 18.0 Å². The predicted octanol–water partition coefficient (Wildman–Crippen LogP) is 3.97. The highest BCUT2D eigenvalue weighted by molar-refractivity contribution is 9.10. The lowest BCUT2D eigenvalue weighted by Gasteiger charge is -2.41. The summed E-state index contributed by atoms with van der Waals surface area (Å²) in [6, 6.07) is 6.62. The molecule has 0 bridgehead atoms. The number of urea groups is 1. The van der Waals surface area contributed by atoms with Crippen molar-refractivity contribution >= 4 is 27.9 Å². The maximum absolute atomic E-state index is 13.1. The molecule has 2 saturated heterocycles. The number of primary amides is 1. The number of aromatic nitrogens is 1. The summed E-state index contributed by atoms with van der Waals surface area (Å²) in [5, 5.41) is 0. The number of pyridine rings is 1. The maximum Gasteiger partial charge on any atom is 0.314 e. The molecule has 2 aliphatic heterocycles. The normalized spacial score (nSPS) is 21.0. The van der Waals surface area contributed by atoms with Gasteiger partial charge in [-0.15, -0.1) is 0 Å². The molecule has 3 amide bonds. The Morgan fingerprint density at radius 3 is 2.36 bits per heavy atom. The van der Waals surface area contributed by atoms with Gasteiger partial charge in [-0.05, 0) is 89.7 Å². The van der Waals surface area contributed by atoms with Gasteiger partial charge in [0.25, 0.3) is 0 Å². The van der Waals surface area contributed by atoms with Crippen molar-refractivity contribution in [2.75, 3.05) is 39.3 Å². The highest BCUT2D eigenvalue weighted by atomic mass is 79.9. The molecule has 1 aromatic heterocycles. The first kappa shape index (κ1) is 25.2. The van der Waals surface area contributed by atoms with E-state index in [9.17, 15) is 9.59 Å². The number of piperazine rings is 1. The Balaban J connectivity index is 1.31. The van der Waals surface area contributed by atoms with E-state index in [4.69, 9.17) is 10.7 Å². The Morgan fingerprint density at radius 1 is 0.972 bits per heavy atom. The number of benzene rings is 1. The second-order valence-corrected chi connectivity index (χ2v) is 11.6. The van der Waals surface area contributed by atoms with E-state index in [2.05, 4.69) is 52.9 Å².